The second-order valence-electron chi connectivity index (χ2n) is 5.23. The Kier molecular flexibility index (Phi) is 3.08. The third kappa shape index (κ3) is 2.27. The minimum atomic E-state index is -0.566. The number of aliphatic hydroxyl groups excluding tert-OH is 1. The van der Waals surface area contributed by atoms with Crippen LogP contribution in [-0.2, 0) is 0 Å². The monoisotopic (exact) mass is 248 g/mol. The zero-order valence-electron chi connectivity index (χ0n) is 10.2. The normalized spacial score (nSPS) is 18.6. The zero-order chi connectivity index (χ0) is 12.5. The fourth-order valence-electron chi connectivity index (χ4n) is 2.88. The zero-order valence-corrected chi connectivity index (χ0v) is 10.2. The van der Waals surface area contributed by atoms with E-state index in [1.54, 1.807) is 12.1 Å². The SMILES string of the molecule is OC(CC1CCCC1)c1cc2cc(F)ccc2o1. The molecule has 18 heavy (non-hydrogen) atoms. The fraction of sp³-hybridized carbons (Fsp3) is 0.467. The van der Waals surface area contributed by atoms with Crippen molar-refractivity contribution < 1.29 is 13.9 Å². The number of benzene rings is 1. The molecular formula is C15H17FO2. The maximum absolute atomic E-state index is 13.1. The smallest absolute Gasteiger partial charge is 0.134 e. The molecule has 1 aliphatic rings. The summed E-state index contributed by atoms with van der Waals surface area (Å²) in [6, 6.07) is 6.16. The van der Waals surface area contributed by atoms with Crippen molar-refractivity contribution in [3.63, 3.8) is 0 Å². The molecule has 2 aromatic rings. The summed E-state index contributed by atoms with van der Waals surface area (Å²) in [7, 11) is 0. The minimum absolute atomic E-state index is 0.278. The average Bonchev–Trinajstić information content (AvgIpc) is 2.96. The van der Waals surface area contributed by atoms with Crippen LogP contribution in [0.15, 0.2) is 28.7 Å². The molecule has 0 radical (unpaired) electrons. The van der Waals surface area contributed by atoms with Crippen LogP contribution in [0.5, 0.6) is 0 Å². The molecule has 3 rings (SSSR count). The van der Waals surface area contributed by atoms with E-state index < -0.39 is 6.10 Å². The summed E-state index contributed by atoms with van der Waals surface area (Å²) in [6.45, 7) is 0. The van der Waals surface area contributed by atoms with Crippen molar-refractivity contribution in [1.29, 1.82) is 0 Å². The first-order valence-electron chi connectivity index (χ1n) is 6.59. The van der Waals surface area contributed by atoms with Crippen LogP contribution in [0, 0.1) is 11.7 Å². The maximum Gasteiger partial charge on any atom is 0.134 e. The Balaban J connectivity index is 1.80. The Bertz CT molecular complexity index is 540. The van der Waals surface area contributed by atoms with Crippen LogP contribution in [0.4, 0.5) is 4.39 Å². The molecule has 1 aromatic heterocycles. The van der Waals surface area contributed by atoms with Gasteiger partial charge in [0.15, 0.2) is 0 Å². The minimum Gasteiger partial charge on any atom is -0.458 e. The second kappa shape index (κ2) is 4.73. The van der Waals surface area contributed by atoms with Gasteiger partial charge in [-0.05, 0) is 36.6 Å². The van der Waals surface area contributed by atoms with E-state index in [0.717, 1.165) is 11.8 Å². The first kappa shape index (κ1) is 11.7. The molecule has 1 fully saturated rings. The van der Waals surface area contributed by atoms with Crippen LogP contribution >= 0.6 is 0 Å². The maximum atomic E-state index is 13.1. The van der Waals surface area contributed by atoms with E-state index in [4.69, 9.17) is 4.42 Å². The molecule has 3 heteroatoms. The van der Waals surface area contributed by atoms with Crippen LogP contribution < -0.4 is 0 Å². The van der Waals surface area contributed by atoms with Gasteiger partial charge in [0, 0.05) is 5.39 Å². The molecule has 1 aromatic carbocycles. The summed E-state index contributed by atoms with van der Waals surface area (Å²) < 4.78 is 18.6. The Morgan fingerprint density at radius 1 is 1.28 bits per heavy atom. The summed E-state index contributed by atoms with van der Waals surface area (Å²) in [5.74, 6) is 0.882. The van der Waals surface area contributed by atoms with Crippen LogP contribution in [0.3, 0.4) is 0 Å². The van der Waals surface area contributed by atoms with Crippen molar-refractivity contribution in [1.82, 2.24) is 0 Å². The number of rotatable bonds is 3. The lowest BCUT2D eigenvalue weighted by molar-refractivity contribution is 0.122. The van der Waals surface area contributed by atoms with Gasteiger partial charge in [0.25, 0.3) is 0 Å². The van der Waals surface area contributed by atoms with Gasteiger partial charge in [-0.1, -0.05) is 25.7 Å². The summed E-state index contributed by atoms with van der Waals surface area (Å²) in [5.41, 5.74) is 0.636. The van der Waals surface area contributed by atoms with E-state index in [2.05, 4.69) is 0 Å². The molecule has 1 N–H and O–H groups in total. The molecule has 96 valence electrons. The number of hydrogen-bond acceptors (Lipinski definition) is 2. The molecular weight excluding hydrogens is 231 g/mol. The van der Waals surface area contributed by atoms with Crippen molar-refractivity contribution in [2.75, 3.05) is 0 Å². The van der Waals surface area contributed by atoms with Crippen molar-refractivity contribution in [3.8, 4) is 0 Å². The lowest BCUT2D eigenvalue weighted by Crippen LogP contribution is -2.03. The van der Waals surface area contributed by atoms with Crippen molar-refractivity contribution in [2.24, 2.45) is 5.92 Å². The Hall–Kier alpha value is -1.35. The second-order valence-corrected chi connectivity index (χ2v) is 5.23. The van der Waals surface area contributed by atoms with Gasteiger partial charge < -0.3 is 9.52 Å². The van der Waals surface area contributed by atoms with E-state index in [1.807, 2.05) is 0 Å². The highest BCUT2D eigenvalue weighted by Crippen LogP contribution is 2.34. The number of hydrogen-bond donors (Lipinski definition) is 1. The van der Waals surface area contributed by atoms with Gasteiger partial charge in [0.05, 0.1) is 0 Å². The van der Waals surface area contributed by atoms with Gasteiger partial charge in [-0.3, -0.25) is 0 Å². The predicted octanol–water partition coefficient (Wildman–Crippen LogP) is 4.19. The van der Waals surface area contributed by atoms with Gasteiger partial charge in [-0.2, -0.15) is 0 Å². The number of fused-ring (bicyclic) bond motifs is 1. The number of halogens is 1. The molecule has 0 aliphatic heterocycles. The van der Waals surface area contributed by atoms with E-state index in [0.29, 0.717) is 17.3 Å². The van der Waals surface area contributed by atoms with Crippen LogP contribution in [0.2, 0.25) is 0 Å². The highest BCUT2D eigenvalue weighted by atomic mass is 19.1. The molecule has 0 spiro atoms. The highest BCUT2D eigenvalue weighted by Gasteiger charge is 2.22. The van der Waals surface area contributed by atoms with Gasteiger partial charge >= 0.3 is 0 Å². The van der Waals surface area contributed by atoms with Crippen molar-refractivity contribution in [2.45, 2.75) is 38.2 Å². The number of aliphatic hydroxyl groups is 1. The Labute approximate surface area is 105 Å². The summed E-state index contributed by atoms with van der Waals surface area (Å²) >= 11 is 0. The Morgan fingerprint density at radius 2 is 2.06 bits per heavy atom. The third-order valence-corrected chi connectivity index (χ3v) is 3.86. The third-order valence-electron chi connectivity index (χ3n) is 3.86. The fourth-order valence-corrected chi connectivity index (χ4v) is 2.88. The first-order chi connectivity index (χ1) is 8.72. The van der Waals surface area contributed by atoms with Gasteiger partial charge in [0.2, 0.25) is 0 Å². The molecule has 1 saturated carbocycles. The lowest BCUT2D eigenvalue weighted by Gasteiger charge is -2.12. The molecule has 1 atom stereocenters. The molecule has 0 bridgehead atoms. The van der Waals surface area contributed by atoms with Crippen LogP contribution in [0.25, 0.3) is 11.0 Å². The number of furan rings is 1. The van der Waals surface area contributed by atoms with E-state index in [9.17, 15) is 9.50 Å². The van der Waals surface area contributed by atoms with Crippen molar-refractivity contribution in [3.05, 3.63) is 35.8 Å². The van der Waals surface area contributed by atoms with E-state index >= 15 is 0 Å². The Morgan fingerprint density at radius 3 is 2.83 bits per heavy atom. The molecule has 2 nitrogen and oxygen atoms in total. The largest absolute Gasteiger partial charge is 0.458 e. The lowest BCUT2D eigenvalue weighted by atomic mass is 9.99. The quantitative estimate of drug-likeness (QED) is 0.883. The van der Waals surface area contributed by atoms with Gasteiger partial charge in [-0.25, -0.2) is 4.39 Å². The predicted molar refractivity (Wildman–Crippen MR) is 67.7 cm³/mol. The van der Waals surface area contributed by atoms with Crippen LogP contribution in [-0.4, -0.2) is 5.11 Å². The van der Waals surface area contributed by atoms with Crippen LogP contribution in [0.1, 0.15) is 44.0 Å². The molecule has 1 unspecified atom stereocenters. The average molecular weight is 248 g/mol. The highest BCUT2D eigenvalue weighted by molar-refractivity contribution is 5.77. The van der Waals surface area contributed by atoms with Gasteiger partial charge in [0.1, 0.15) is 23.3 Å². The topological polar surface area (TPSA) is 33.4 Å². The van der Waals surface area contributed by atoms with Crippen molar-refractivity contribution >= 4 is 11.0 Å². The molecule has 0 saturated heterocycles. The van der Waals surface area contributed by atoms with Gasteiger partial charge in [-0.15, -0.1) is 0 Å². The summed E-state index contributed by atoms with van der Waals surface area (Å²) in [4.78, 5) is 0. The summed E-state index contributed by atoms with van der Waals surface area (Å²) in [6.07, 6.45) is 5.12. The van der Waals surface area contributed by atoms with E-state index in [-0.39, 0.29) is 5.82 Å². The van der Waals surface area contributed by atoms with E-state index in [1.165, 1.54) is 37.8 Å². The molecule has 0 amide bonds. The first-order valence-corrected chi connectivity index (χ1v) is 6.59. The standard InChI is InChI=1S/C15H17FO2/c16-12-5-6-14-11(8-12)9-15(18-14)13(17)7-10-3-1-2-4-10/h5-6,8-10,13,17H,1-4,7H2. The molecule has 1 heterocycles. The molecule has 1 aliphatic carbocycles. The summed E-state index contributed by atoms with van der Waals surface area (Å²) in [5, 5.41) is 10.9.